The smallest absolute Gasteiger partial charge is 0.227 e. The minimum Gasteiger partial charge on any atom is -0.363 e. The molecule has 0 spiro atoms. The first-order valence-electron chi connectivity index (χ1n) is 7.11. The van der Waals surface area contributed by atoms with Crippen LogP contribution in [-0.2, 0) is 0 Å². The number of anilines is 3. The molecule has 0 aromatic carbocycles. The molecule has 2 aromatic heterocycles. The van der Waals surface area contributed by atoms with Crippen LogP contribution in [0.15, 0.2) is 29.1 Å². The molecule has 2 aromatic rings. The summed E-state index contributed by atoms with van der Waals surface area (Å²) >= 11 is 3.36. The first-order valence-corrected chi connectivity index (χ1v) is 7.90. The van der Waals surface area contributed by atoms with E-state index in [2.05, 4.69) is 45.7 Å². The fourth-order valence-electron chi connectivity index (χ4n) is 2.32. The molecule has 1 fully saturated rings. The number of halogens is 1. The number of nitrogens with zero attached hydrogens (tertiary/aromatic N) is 7. The van der Waals surface area contributed by atoms with Gasteiger partial charge in [-0.05, 0) is 22.0 Å². The largest absolute Gasteiger partial charge is 0.363 e. The highest BCUT2D eigenvalue weighted by Crippen LogP contribution is 2.17. The highest BCUT2D eigenvalue weighted by Gasteiger charge is 2.21. The standard InChI is InChI=1S/C14H18BrN7/c1-20(2)12-3-4-16-14(19-12)22-7-5-21(6-8-22)13-17-9-11(15)10-18-13/h3-4,9-10H,5-8H2,1-2H3. The van der Waals surface area contributed by atoms with Crippen molar-refractivity contribution in [2.24, 2.45) is 0 Å². The summed E-state index contributed by atoms with van der Waals surface area (Å²) in [5, 5.41) is 0. The Hall–Kier alpha value is -1.96. The average molecular weight is 364 g/mol. The number of piperazine rings is 1. The normalized spacial score (nSPS) is 15.0. The minimum atomic E-state index is 0.769. The van der Waals surface area contributed by atoms with Crippen LogP contribution >= 0.6 is 15.9 Å². The molecule has 3 heterocycles. The van der Waals surface area contributed by atoms with Crippen LogP contribution in [0, 0.1) is 0 Å². The van der Waals surface area contributed by atoms with Crippen LogP contribution in [0.3, 0.4) is 0 Å². The zero-order chi connectivity index (χ0) is 15.5. The topological polar surface area (TPSA) is 61.3 Å². The van der Waals surface area contributed by atoms with Gasteiger partial charge in [0.2, 0.25) is 11.9 Å². The van der Waals surface area contributed by atoms with Crippen molar-refractivity contribution >= 4 is 33.6 Å². The van der Waals surface area contributed by atoms with Crippen molar-refractivity contribution in [3.05, 3.63) is 29.1 Å². The molecule has 0 aliphatic carbocycles. The lowest BCUT2D eigenvalue weighted by Crippen LogP contribution is -2.47. The van der Waals surface area contributed by atoms with E-state index in [-0.39, 0.29) is 0 Å². The SMILES string of the molecule is CN(C)c1ccnc(N2CCN(c3ncc(Br)cn3)CC2)n1. The van der Waals surface area contributed by atoms with E-state index in [1.54, 1.807) is 12.4 Å². The Morgan fingerprint density at radius 3 is 2.14 bits per heavy atom. The van der Waals surface area contributed by atoms with Crippen molar-refractivity contribution in [1.29, 1.82) is 0 Å². The second-order valence-electron chi connectivity index (χ2n) is 5.28. The van der Waals surface area contributed by atoms with Crippen LogP contribution in [0.1, 0.15) is 0 Å². The van der Waals surface area contributed by atoms with E-state index in [1.807, 2.05) is 31.3 Å². The second-order valence-corrected chi connectivity index (χ2v) is 6.20. The summed E-state index contributed by atoms with van der Waals surface area (Å²) in [6, 6.07) is 1.91. The van der Waals surface area contributed by atoms with Gasteiger partial charge in [-0.2, -0.15) is 4.98 Å². The zero-order valence-electron chi connectivity index (χ0n) is 12.6. The average Bonchev–Trinajstić information content (AvgIpc) is 2.56. The van der Waals surface area contributed by atoms with Crippen molar-refractivity contribution in [3.63, 3.8) is 0 Å². The van der Waals surface area contributed by atoms with Gasteiger partial charge >= 0.3 is 0 Å². The molecule has 0 radical (unpaired) electrons. The predicted molar refractivity (Wildman–Crippen MR) is 90.5 cm³/mol. The van der Waals surface area contributed by atoms with E-state index >= 15 is 0 Å². The minimum absolute atomic E-state index is 0.769. The van der Waals surface area contributed by atoms with Gasteiger partial charge in [0.05, 0.1) is 4.47 Å². The Morgan fingerprint density at radius 2 is 1.55 bits per heavy atom. The molecular formula is C14H18BrN7. The monoisotopic (exact) mass is 363 g/mol. The van der Waals surface area contributed by atoms with Gasteiger partial charge in [-0.3, -0.25) is 0 Å². The Bertz CT molecular complexity index is 623. The Kier molecular flexibility index (Phi) is 4.37. The third kappa shape index (κ3) is 3.27. The summed E-state index contributed by atoms with van der Waals surface area (Å²) in [4.78, 5) is 24.0. The summed E-state index contributed by atoms with van der Waals surface area (Å²) in [6.07, 6.45) is 5.36. The highest BCUT2D eigenvalue weighted by atomic mass is 79.9. The summed E-state index contributed by atoms with van der Waals surface area (Å²) in [5.41, 5.74) is 0. The van der Waals surface area contributed by atoms with E-state index in [4.69, 9.17) is 0 Å². The second kappa shape index (κ2) is 6.43. The maximum atomic E-state index is 4.59. The molecule has 0 N–H and O–H groups in total. The lowest BCUT2D eigenvalue weighted by molar-refractivity contribution is 0.627. The Labute approximate surface area is 138 Å². The Balaban J connectivity index is 1.66. The number of hydrogen-bond acceptors (Lipinski definition) is 7. The highest BCUT2D eigenvalue weighted by molar-refractivity contribution is 9.10. The van der Waals surface area contributed by atoms with Crippen molar-refractivity contribution in [2.75, 3.05) is 55.0 Å². The van der Waals surface area contributed by atoms with Gasteiger partial charge in [0.15, 0.2) is 0 Å². The van der Waals surface area contributed by atoms with Crippen LogP contribution in [0.4, 0.5) is 17.7 Å². The van der Waals surface area contributed by atoms with Crippen molar-refractivity contribution in [2.45, 2.75) is 0 Å². The predicted octanol–water partition coefficient (Wildman–Crippen LogP) is 1.42. The molecule has 0 amide bonds. The number of hydrogen-bond donors (Lipinski definition) is 0. The quantitative estimate of drug-likeness (QED) is 0.816. The van der Waals surface area contributed by atoms with E-state index in [1.165, 1.54) is 0 Å². The zero-order valence-corrected chi connectivity index (χ0v) is 14.2. The molecule has 7 nitrogen and oxygen atoms in total. The molecule has 0 atom stereocenters. The van der Waals surface area contributed by atoms with Crippen LogP contribution in [0.5, 0.6) is 0 Å². The molecule has 1 aliphatic heterocycles. The van der Waals surface area contributed by atoms with Gasteiger partial charge in [-0.15, -0.1) is 0 Å². The summed E-state index contributed by atoms with van der Waals surface area (Å²) in [5.74, 6) is 2.47. The van der Waals surface area contributed by atoms with E-state index < -0.39 is 0 Å². The van der Waals surface area contributed by atoms with Crippen molar-refractivity contribution in [3.8, 4) is 0 Å². The molecule has 0 saturated carbocycles. The molecule has 0 bridgehead atoms. The van der Waals surface area contributed by atoms with Gasteiger partial charge in [0, 0.05) is 58.9 Å². The summed E-state index contributed by atoms with van der Waals surface area (Å²) in [6.45, 7) is 3.43. The molecule has 1 aliphatic rings. The van der Waals surface area contributed by atoms with Gasteiger partial charge in [-0.1, -0.05) is 0 Å². The lowest BCUT2D eigenvalue weighted by Gasteiger charge is -2.34. The third-order valence-corrected chi connectivity index (χ3v) is 3.95. The molecular weight excluding hydrogens is 346 g/mol. The molecule has 3 rings (SSSR count). The van der Waals surface area contributed by atoms with Crippen LogP contribution in [-0.4, -0.2) is 60.2 Å². The maximum absolute atomic E-state index is 4.59. The molecule has 116 valence electrons. The van der Waals surface area contributed by atoms with Crippen LogP contribution < -0.4 is 14.7 Å². The first kappa shape index (κ1) is 15.0. The van der Waals surface area contributed by atoms with E-state index in [0.717, 1.165) is 48.4 Å². The fourth-order valence-corrected chi connectivity index (χ4v) is 2.52. The van der Waals surface area contributed by atoms with Gasteiger partial charge < -0.3 is 14.7 Å². The summed E-state index contributed by atoms with van der Waals surface area (Å²) in [7, 11) is 3.96. The van der Waals surface area contributed by atoms with Crippen molar-refractivity contribution < 1.29 is 0 Å². The van der Waals surface area contributed by atoms with Crippen LogP contribution in [0.2, 0.25) is 0 Å². The summed E-state index contributed by atoms with van der Waals surface area (Å²) < 4.78 is 0.892. The fraction of sp³-hybridized carbons (Fsp3) is 0.429. The maximum Gasteiger partial charge on any atom is 0.227 e. The van der Waals surface area contributed by atoms with Gasteiger partial charge in [0.1, 0.15) is 5.82 Å². The Morgan fingerprint density at radius 1 is 0.955 bits per heavy atom. The lowest BCUT2D eigenvalue weighted by atomic mass is 10.3. The third-order valence-electron chi connectivity index (χ3n) is 3.54. The van der Waals surface area contributed by atoms with E-state index in [0.29, 0.717) is 0 Å². The first-order chi connectivity index (χ1) is 10.6. The molecule has 22 heavy (non-hydrogen) atoms. The molecule has 1 saturated heterocycles. The van der Waals surface area contributed by atoms with Crippen molar-refractivity contribution in [1.82, 2.24) is 19.9 Å². The number of rotatable bonds is 3. The van der Waals surface area contributed by atoms with Crippen LogP contribution in [0.25, 0.3) is 0 Å². The van der Waals surface area contributed by atoms with Gasteiger partial charge in [0.25, 0.3) is 0 Å². The van der Waals surface area contributed by atoms with Gasteiger partial charge in [-0.25, -0.2) is 15.0 Å². The number of aromatic nitrogens is 4. The van der Waals surface area contributed by atoms with E-state index in [9.17, 15) is 0 Å². The molecule has 8 heteroatoms. The molecule has 0 unspecified atom stereocenters.